The number of allylic oxidation sites excluding steroid dienone is 1. The van der Waals surface area contributed by atoms with Gasteiger partial charge in [0.05, 0.1) is 11.4 Å². The zero-order valence-corrected chi connectivity index (χ0v) is 10.5. The molecule has 2 rings (SSSR count). The van der Waals surface area contributed by atoms with Crippen LogP contribution in [-0.2, 0) is 9.47 Å². The molecule has 0 saturated heterocycles. The second-order valence-electron chi connectivity index (χ2n) is 3.92. The molecule has 1 aromatic carbocycles. The molecule has 0 heterocycles. The molecule has 1 aliphatic carbocycles. The fourth-order valence-electron chi connectivity index (χ4n) is 1.67. The van der Waals surface area contributed by atoms with E-state index in [1.165, 1.54) is 0 Å². The molecule has 0 atom stereocenters. The molecule has 0 N–H and O–H groups in total. The molecule has 0 bridgehead atoms. The van der Waals surface area contributed by atoms with Crippen molar-refractivity contribution in [2.75, 3.05) is 14.2 Å². The van der Waals surface area contributed by atoms with Crippen LogP contribution in [0.2, 0.25) is 0 Å². The van der Waals surface area contributed by atoms with Gasteiger partial charge in [-0.15, -0.1) is 0 Å². The molecule has 18 heavy (non-hydrogen) atoms. The lowest BCUT2D eigenvalue weighted by molar-refractivity contribution is -0.167. The summed E-state index contributed by atoms with van der Waals surface area (Å²) >= 11 is 0. The van der Waals surface area contributed by atoms with Crippen molar-refractivity contribution in [3.8, 4) is 0 Å². The van der Waals surface area contributed by atoms with Crippen molar-refractivity contribution < 1.29 is 9.47 Å². The standard InChI is InChI=1S/C14H16N2O2/c1-17-14(18-2)10-8-13(9-11-14)16-15-12-6-4-3-5-7-12/h3-10H,11H2,1-2H3. The van der Waals surface area contributed by atoms with Gasteiger partial charge in [0.15, 0.2) is 5.79 Å². The minimum atomic E-state index is -0.661. The molecule has 0 amide bonds. The minimum Gasteiger partial charge on any atom is -0.349 e. The molecule has 0 spiro atoms. The normalized spacial score (nSPS) is 18.0. The maximum atomic E-state index is 5.31. The summed E-state index contributed by atoms with van der Waals surface area (Å²) < 4.78 is 10.6. The molecule has 0 radical (unpaired) electrons. The van der Waals surface area contributed by atoms with Gasteiger partial charge < -0.3 is 9.47 Å². The van der Waals surface area contributed by atoms with Crippen molar-refractivity contribution in [1.29, 1.82) is 0 Å². The summed E-state index contributed by atoms with van der Waals surface area (Å²) in [6.07, 6.45) is 6.27. The Bertz CT molecular complexity index is 474. The van der Waals surface area contributed by atoms with Crippen LogP contribution in [0, 0.1) is 0 Å². The van der Waals surface area contributed by atoms with E-state index in [9.17, 15) is 0 Å². The largest absolute Gasteiger partial charge is 0.349 e. The maximum absolute atomic E-state index is 5.31. The maximum Gasteiger partial charge on any atom is 0.191 e. The number of rotatable bonds is 4. The molecule has 1 aliphatic rings. The Hall–Kier alpha value is -1.78. The Balaban J connectivity index is 2.04. The van der Waals surface area contributed by atoms with Crippen molar-refractivity contribution in [3.63, 3.8) is 0 Å². The Kier molecular flexibility index (Phi) is 4.02. The Morgan fingerprint density at radius 2 is 1.78 bits per heavy atom. The van der Waals surface area contributed by atoms with Crippen LogP contribution < -0.4 is 0 Å². The third-order valence-electron chi connectivity index (χ3n) is 2.83. The predicted molar refractivity (Wildman–Crippen MR) is 69.5 cm³/mol. The summed E-state index contributed by atoms with van der Waals surface area (Å²) in [4.78, 5) is 0. The van der Waals surface area contributed by atoms with Crippen LogP contribution in [-0.4, -0.2) is 20.0 Å². The zero-order valence-electron chi connectivity index (χ0n) is 10.5. The van der Waals surface area contributed by atoms with E-state index in [1.807, 2.05) is 48.6 Å². The SMILES string of the molecule is COC1(OC)C=CC(N=Nc2ccccc2)=CC1. The highest BCUT2D eigenvalue weighted by Gasteiger charge is 2.27. The Labute approximate surface area is 107 Å². The van der Waals surface area contributed by atoms with Gasteiger partial charge in [-0.25, -0.2) is 0 Å². The summed E-state index contributed by atoms with van der Waals surface area (Å²) in [5.74, 6) is -0.661. The van der Waals surface area contributed by atoms with E-state index in [2.05, 4.69) is 10.2 Å². The lowest BCUT2D eigenvalue weighted by atomic mass is 10.1. The average Bonchev–Trinajstić information content (AvgIpc) is 2.47. The van der Waals surface area contributed by atoms with Crippen molar-refractivity contribution in [2.24, 2.45) is 10.2 Å². The lowest BCUT2D eigenvalue weighted by Crippen LogP contribution is -2.31. The summed E-state index contributed by atoms with van der Waals surface area (Å²) in [5.41, 5.74) is 1.64. The first-order valence-electron chi connectivity index (χ1n) is 5.74. The molecule has 4 nitrogen and oxygen atoms in total. The van der Waals surface area contributed by atoms with E-state index in [0.29, 0.717) is 6.42 Å². The molecule has 1 aromatic rings. The van der Waals surface area contributed by atoms with Gasteiger partial charge in [-0.2, -0.15) is 10.2 Å². The van der Waals surface area contributed by atoms with E-state index in [-0.39, 0.29) is 0 Å². The van der Waals surface area contributed by atoms with Crippen LogP contribution in [0.15, 0.2) is 64.5 Å². The zero-order chi connectivity index (χ0) is 12.8. The highest BCUT2D eigenvalue weighted by Crippen LogP contribution is 2.26. The predicted octanol–water partition coefficient (Wildman–Crippen LogP) is 3.60. The first kappa shape index (κ1) is 12.7. The van der Waals surface area contributed by atoms with E-state index >= 15 is 0 Å². The molecule has 4 heteroatoms. The van der Waals surface area contributed by atoms with Gasteiger partial charge in [-0.1, -0.05) is 24.3 Å². The van der Waals surface area contributed by atoms with Crippen molar-refractivity contribution in [2.45, 2.75) is 12.2 Å². The topological polar surface area (TPSA) is 43.2 Å². The average molecular weight is 244 g/mol. The van der Waals surface area contributed by atoms with Crippen LogP contribution in [0.25, 0.3) is 0 Å². The van der Waals surface area contributed by atoms with Crippen LogP contribution in [0.5, 0.6) is 0 Å². The van der Waals surface area contributed by atoms with Crippen LogP contribution in [0.1, 0.15) is 6.42 Å². The van der Waals surface area contributed by atoms with E-state index in [4.69, 9.17) is 9.47 Å². The molecular formula is C14H16N2O2. The monoisotopic (exact) mass is 244 g/mol. The van der Waals surface area contributed by atoms with Crippen molar-refractivity contribution in [1.82, 2.24) is 0 Å². The Morgan fingerprint density at radius 1 is 1.06 bits per heavy atom. The summed E-state index contributed by atoms with van der Waals surface area (Å²) in [6, 6.07) is 9.63. The van der Waals surface area contributed by atoms with Gasteiger partial charge in [0.2, 0.25) is 0 Å². The first-order chi connectivity index (χ1) is 8.78. The smallest absolute Gasteiger partial charge is 0.191 e. The van der Waals surface area contributed by atoms with Crippen LogP contribution in [0.4, 0.5) is 5.69 Å². The number of ether oxygens (including phenoxy) is 2. The quantitative estimate of drug-likeness (QED) is 0.600. The second kappa shape index (κ2) is 5.71. The fraction of sp³-hybridized carbons (Fsp3) is 0.286. The highest BCUT2D eigenvalue weighted by molar-refractivity contribution is 5.35. The van der Waals surface area contributed by atoms with Gasteiger partial charge >= 0.3 is 0 Å². The third-order valence-corrected chi connectivity index (χ3v) is 2.83. The molecular weight excluding hydrogens is 228 g/mol. The van der Waals surface area contributed by atoms with Crippen LogP contribution >= 0.6 is 0 Å². The molecule has 0 saturated carbocycles. The Morgan fingerprint density at radius 3 is 2.33 bits per heavy atom. The highest BCUT2D eigenvalue weighted by atomic mass is 16.7. The fourth-order valence-corrected chi connectivity index (χ4v) is 1.67. The first-order valence-corrected chi connectivity index (χ1v) is 5.74. The third kappa shape index (κ3) is 2.91. The van der Waals surface area contributed by atoms with E-state index in [1.54, 1.807) is 14.2 Å². The molecule has 94 valence electrons. The summed E-state index contributed by atoms with van der Waals surface area (Å²) in [6.45, 7) is 0. The number of azo groups is 1. The lowest BCUT2D eigenvalue weighted by Gasteiger charge is -2.28. The second-order valence-corrected chi connectivity index (χ2v) is 3.92. The number of hydrogen-bond acceptors (Lipinski definition) is 4. The number of methoxy groups -OCH3 is 2. The van der Waals surface area contributed by atoms with Crippen LogP contribution in [0.3, 0.4) is 0 Å². The number of hydrogen-bond donors (Lipinski definition) is 0. The molecule has 0 unspecified atom stereocenters. The molecule has 0 aliphatic heterocycles. The van der Waals surface area contributed by atoms with Crippen molar-refractivity contribution >= 4 is 5.69 Å². The molecule has 0 aromatic heterocycles. The van der Waals surface area contributed by atoms with Gasteiger partial charge in [0.25, 0.3) is 0 Å². The van der Waals surface area contributed by atoms with E-state index in [0.717, 1.165) is 11.4 Å². The van der Waals surface area contributed by atoms with Crippen molar-refractivity contribution in [3.05, 3.63) is 54.3 Å². The number of benzene rings is 1. The summed E-state index contributed by atoms with van der Waals surface area (Å²) in [5, 5.41) is 8.33. The molecule has 0 fully saturated rings. The minimum absolute atomic E-state index is 0.625. The summed E-state index contributed by atoms with van der Waals surface area (Å²) in [7, 11) is 3.25. The van der Waals surface area contributed by atoms with Gasteiger partial charge in [0, 0.05) is 20.6 Å². The van der Waals surface area contributed by atoms with E-state index < -0.39 is 5.79 Å². The van der Waals surface area contributed by atoms with Gasteiger partial charge in [-0.3, -0.25) is 0 Å². The van der Waals surface area contributed by atoms with Gasteiger partial charge in [0.1, 0.15) is 0 Å². The van der Waals surface area contributed by atoms with Gasteiger partial charge in [-0.05, 0) is 24.3 Å². The number of nitrogens with zero attached hydrogens (tertiary/aromatic N) is 2.